The smallest absolute Gasteiger partial charge is 0.416 e. The molecule has 0 spiro atoms. The zero-order chi connectivity index (χ0) is 21.1. The average Bonchev–Trinajstić information content (AvgIpc) is 3.40. The topological polar surface area (TPSA) is 84.4 Å². The number of benzene rings is 1. The van der Waals surface area contributed by atoms with Gasteiger partial charge in [-0.15, -0.1) is 10.2 Å². The molecule has 0 radical (unpaired) electrons. The number of nitrogens with zero attached hydrogens (tertiary/aromatic N) is 3. The van der Waals surface area contributed by atoms with Crippen LogP contribution in [0.2, 0.25) is 0 Å². The quantitative estimate of drug-likeness (QED) is 0.667. The first-order valence-corrected chi connectivity index (χ1v) is 9.45. The molecular formula is C20H19F3N4O3. The Morgan fingerprint density at radius 3 is 2.50 bits per heavy atom. The highest BCUT2D eigenvalue weighted by atomic mass is 19.4. The van der Waals surface area contributed by atoms with Gasteiger partial charge in [0, 0.05) is 11.6 Å². The van der Waals surface area contributed by atoms with Crippen LogP contribution in [0.4, 0.5) is 18.9 Å². The van der Waals surface area contributed by atoms with Gasteiger partial charge in [0.1, 0.15) is 0 Å². The Balaban J connectivity index is 1.26. The van der Waals surface area contributed by atoms with Gasteiger partial charge in [-0.25, -0.2) is 0 Å². The fraction of sp³-hybridized carbons (Fsp3) is 0.350. The van der Waals surface area contributed by atoms with Gasteiger partial charge in [0.2, 0.25) is 11.8 Å². The molecule has 0 saturated carbocycles. The molecule has 0 unspecified atom stereocenters. The van der Waals surface area contributed by atoms with Crippen LogP contribution in [0.15, 0.2) is 51.5 Å². The molecule has 1 aromatic carbocycles. The van der Waals surface area contributed by atoms with Crippen molar-refractivity contribution in [1.82, 2.24) is 15.1 Å². The number of anilines is 1. The highest BCUT2D eigenvalue weighted by Crippen LogP contribution is 2.31. The van der Waals surface area contributed by atoms with Crippen LogP contribution in [-0.2, 0) is 11.0 Å². The molecule has 1 N–H and O–H groups in total. The van der Waals surface area contributed by atoms with Gasteiger partial charge in [0.25, 0.3) is 5.89 Å². The van der Waals surface area contributed by atoms with Gasteiger partial charge in [0.05, 0.1) is 18.4 Å². The Kier molecular flexibility index (Phi) is 5.58. The van der Waals surface area contributed by atoms with E-state index in [1.165, 1.54) is 18.4 Å². The summed E-state index contributed by atoms with van der Waals surface area (Å²) in [6.45, 7) is 1.50. The maximum atomic E-state index is 12.6. The third kappa shape index (κ3) is 4.70. The summed E-state index contributed by atoms with van der Waals surface area (Å²) in [5, 5.41) is 10.7. The number of piperidine rings is 1. The molecule has 1 amide bonds. The standard InChI is InChI=1S/C20H19F3N4O3/c21-20(22,23)14-3-5-15(6-4-14)24-17(28)12-27-9-7-13(8-10-27)18-25-26-19(30-18)16-2-1-11-29-16/h1-6,11,13H,7-10,12H2,(H,24,28). The number of halogens is 3. The van der Waals surface area contributed by atoms with Crippen molar-refractivity contribution in [3.63, 3.8) is 0 Å². The van der Waals surface area contributed by atoms with E-state index in [4.69, 9.17) is 8.83 Å². The predicted octanol–water partition coefficient (Wildman–Crippen LogP) is 4.17. The molecule has 0 atom stereocenters. The van der Waals surface area contributed by atoms with Crippen LogP contribution >= 0.6 is 0 Å². The summed E-state index contributed by atoms with van der Waals surface area (Å²) >= 11 is 0. The molecule has 1 saturated heterocycles. The summed E-state index contributed by atoms with van der Waals surface area (Å²) in [7, 11) is 0. The summed E-state index contributed by atoms with van der Waals surface area (Å²) in [4.78, 5) is 14.2. The number of likely N-dealkylation sites (tertiary alicyclic amines) is 1. The van der Waals surface area contributed by atoms with Crippen molar-refractivity contribution in [1.29, 1.82) is 0 Å². The Bertz CT molecular complexity index is 976. The van der Waals surface area contributed by atoms with Crippen LogP contribution in [0.3, 0.4) is 0 Å². The molecule has 158 valence electrons. The van der Waals surface area contributed by atoms with Crippen molar-refractivity contribution < 1.29 is 26.8 Å². The molecule has 30 heavy (non-hydrogen) atoms. The molecule has 1 aliphatic heterocycles. The lowest BCUT2D eigenvalue weighted by atomic mass is 9.97. The molecule has 1 fully saturated rings. The van der Waals surface area contributed by atoms with Crippen molar-refractivity contribution in [2.24, 2.45) is 0 Å². The van der Waals surface area contributed by atoms with Crippen LogP contribution in [0.1, 0.15) is 30.2 Å². The Morgan fingerprint density at radius 2 is 1.87 bits per heavy atom. The lowest BCUT2D eigenvalue weighted by Crippen LogP contribution is -2.38. The van der Waals surface area contributed by atoms with Crippen molar-refractivity contribution in [3.8, 4) is 11.7 Å². The van der Waals surface area contributed by atoms with Crippen LogP contribution < -0.4 is 5.32 Å². The number of rotatable bonds is 5. The van der Waals surface area contributed by atoms with Gasteiger partial charge in [-0.2, -0.15) is 13.2 Å². The number of hydrogen-bond acceptors (Lipinski definition) is 6. The maximum Gasteiger partial charge on any atom is 0.416 e. The van der Waals surface area contributed by atoms with Gasteiger partial charge >= 0.3 is 6.18 Å². The van der Waals surface area contributed by atoms with Crippen LogP contribution in [0.5, 0.6) is 0 Å². The van der Waals surface area contributed by atoms with Gasteiger partial charge in [-0.1, -0.05) is 0 Å². The summed E-state index contributed by atoms with van der Waals surface area (Å²) < 4.78 is 48.8. The molecule has 10 heteroatoms. The summed E-state index contributed by atoms with van der Waals surface area (Å²) in [5.41, 5.74) is -0.419. The summed E-state index contributed by atoms with van der Waals surface area (Å²) in [6.07, 6.45) is -1.35. The third-order valence-electron chi connectivity index (χ3n) is 4.97. The minimum absolute atomic E-state index is 0.107. The second-order valence-corrected chi connectivity index (χ2v) is 7.10. The SMILES string of the molecule is O=C(CN1CCC(c2nnc(-c3ccco3)o2)CC1)Nc1ccc(C(F)(F)F)cc1. The number of aromatic nitrogens is 2. The molecule has 4 rings (SSSR count). The second kappa shape index (κ2) is 8.31. The third-order valence-corrected chi connectivity index (χ3v) is 4.97. The normalized spacial score (nSPS) is 16.0. The lowest BCUT2D eigenvalue weighted by molar-refractivity contribution is -0.137. The van der Waals surface area contributed by atoms with E-state index in [0.29, 0.717) is 36.3 Å². The fourth-order valence-electron chi connectivity index (χ4n) is 3.38. The molecule has 0 bridgehead atoms. The zero-order valence-corrected chi connectivity index (χ0v) is 15.9. The minimum Gasteiger partial charge on any atom is -0.459 e. The first-order chi connectivity index (χ1) is 14.4. The molecule has 7 nitrogen and oxygen atoms in total. The van der Waals surface area contributed by atoms with E-state index in [9.17, 15) is 18.0 Å². The number of hydrogen-bond donors (Lipinski definition) is 1. The molecule has 3 heterocycles. The number of alkyl halides is 3. The monoisotopic (exact) mass is 420 g/mol. The van der Waals surface area contributed by atoms with Crippen LogP contribution in [0, 0.1) is 0 Å². The van der Waals surface area contributed by atoms with E-state index in [1.807, 2.05) is 4.90 Å². The number of carbonyl (C=O) groups is 1. The van der Waals surface area contributed by atoms with Crippen molar-refractivity contribution in [3.05, 3.63) is 54.1 Å². The maximum absolute atomic E-state index is 12.6. The van der Waals surface area contributed by atoms with E-state index >= 15 is 0 Å². The zero-order valence-electron chi connectivity index (χ0n) is 15.9. The average molecular weight is 420 g/mol. The largest absolute Gasteiger partial charge is 0.459 e. The van der Waals surface area contributed by atoms with Crippen LogP contribution in [-0.4, -0.2) is 40.6 Å². The number of amides is 1. The van der Waals surface area contributed by atoms with Gasteiger partial charge in [-0.3, -0.25) is 9.69 Å². The van der Waals surface area contributed by atoms with Gasteiger partial charge in [0.15, 0.2) is 5.76 Å². The van der Waals surface area contributed by atoms with E-state index in [2.05, 4.69) is 15.5 Å². The summed E-state index contributed by atoms with van der Waals surface area (Å²) in [6, 6.07) is 7.88. The fourth-order valence-corrected chi connectivity index (χ4v) is 3.38. The van der Waals surface area contributed by atoms with E-state index in [1.54, 1.807) is 12.1 Å². The van der Waals surface area contributed by atoms with Gasteiger partial charge in [-0.05, 0) is 62.3 Å². The van der Waals surface area contributed by atoms with E-state index in [0.717, 1.165) is 25.0 Å². The predicted molar refractivity (Wildman–Crippen MR) is 100 cm³/mol. The summed E-state index contributed by atoms with van der Waals surface area (Å²) in [5.74, 6) is 1.25. The Morgan fingerprint density at radius 1 is 1.13 bits per heavy atom. The van der Waals surface area contributed by atoms with E-state index in [-0.39, 0.29) is 18.4 Å². The van der Waals surface area contributed by atoms with Crippen molar-refractivity contribution >= 4 is 11.6 Å². The van der Waals surface area contributed by atoms with Crippen molar-refractivity contribution in [2.45, 2.75) is 24.9 Å². The molecule has 1 aliphatic rings. The minimum atomic E-state index is -4.40. The Labute approximate surface area is 169 Å². The number of furan rings is 1. The lowest BCUT2D eigenvalue weighted by Gasteiger charge is -2.29. The molecular weight excluding hydrogens is 401 g/mol. The molecule has 2 aromatic heterocycles. The van der Waals surface area contributed by atoms with Crippen LogP contribution in [0.25, 0.3) is 11.7 Å². The highest BCUT2D eigenvalue weighted by molar-refractivity contribution is 5.92. The Hall–Kier alpha value is -3.14. The number of nitrogens with one attached hydrogen (secondary N) is 1. The molecule has 0 aliphatic carbocycles. The first kappa shape index (κ1) is 20.1. The second-order valence-electron chi connectivity index (χ2n) is 7.10. The first-order valence-electron chi connectivity index (χ1n) is 9.45. The van der Waals surface area contributed by atoms with Crippen molar-refractivity contribution in [2.75, 3.05) is 25.0 Å². The highest BCUT2D eigenvalue weighted by Gasteiger charge is 2.30. The number of carbonyl (C=O) groups excluding carboxylic acids is 1. The van der Waals surface area contributed by atoms with E-state index < -0.39 is 11.7 Å². The van der Waals surface area contributed by atoms with Gasteiger partial charge < -0.3 is 14.2 Å². The molecule has 3 aromatic rings.